The van der Waals surface area contributed by atoms with Gasteiger partial charge in [0.05, 0.1) is 22.9 Å². The molecule has 1 aromatic heterocycles. The smallest absolute Gasteiger partial charge is 0.399 e. The molecule has 4 nitrogen and oxygen atoms in total. The maximum absolute atomic E-state index is 6.05. The lowest BCUT2D eigenvalue weighted by Gasteiger charge is -2.32. The minimum Gasteiger partial charge on any atom is -0.399 e. The van der Waals surface area contributed by atoms with Crippen LogP contribution in [0, 0.1) is 0 Å². The van der Waals surface area contributed by atoms with Crippen LogP contribution >= 0.6 is 15.9 Å². The molecule has 6 heteroatoms. The van der Waals surface area contributed by atoms with Crippen LogP contribution in [0.2, 0.25) is 0 Å². The Kier molecular flexibility index (Phi) is 2.82. The van der Waals surface area contributed by atoms with E-state index in [4.69, 9.17) is 9.31 Å². The Balaban J connectivity index is 2.02. The quantitative estimate of drug-likeness (QED) is 0.821. The molecule has 0 saturated carbocycles. The molecule has 2 aromatic rings. The minimum absolute atomic E-state index is 0.326. The van der Waals surface area contributed by atoms with E-state index in [2.05, 4.69) is 53.8 Å². The van der Waals surface area contributed by atoms with Gasteiger partial charge in [0.15, 0.2) is 0 Å². The fourth-order valence-corrected chi connectivity index (χ4v) is 2.72. The lowest BCUT2D eigenvalue weighted by atomic mass is 9.79. The van der Waals surface area contributed by atoms with Crippen molar-refractivity contribution >= 4 is 39.4 Å². The first-order chi connectivity index (χ1) is 8.80. The highest BCUT2D eigenvalue weighted by Gasteiger charge is 2.51. The van der Waals surface area contributed by atoms with E-state index in [0.29, 0.717) is 0 Å². The molecule has 0 radical (unpaired) electrons. The zero-order valence-corrected chi connectivity index (χ0v) is 13.0. The predicted octanol–water partition coefficient (Wildman–Crippen LogP) is 2.62. The van der Waals surface area contributed by atoms with E-state index in [0.717, 1.165) is 20.8 Å². The summed E-state index contributed by atoms with van der Waals surface area (Å²) in [5, 5.41) is 8.08. The lowest BCUT2D eigenvalue weighted by molar-refractivity contribution is 0.00578. The number of aromatic nitrogens is 2. The molecule has 0 spiro atoms. The molecule has 0 atom stereocenters. The average molecular weight is 323 g/mol. The van der Waals surface area contributed by atoms with Gasteiger partial charge in [-0.25, -0.2) is 0 Å². The van der Waals surface area contributed by atoms with Crippen molar-refractivity contribution in [3.8, 4) is 0 Å². The first-order valence-electron chi connectivity index (χ1n) is 6.28. The van der Waals surface area contributed by atoms with E-state index in [9.17, 15) is 0 Å². The molecule has 1 aromatic carbocycles. The summed E-state index contributed by atoms with van der Waals surface area (Å²) in [5.41, 5.74) is 1.31. The SMILES string of the molecule is CC1(C)OB(c2cc(Br)c3cn[nH]c3c2)OC1(C)C. The van der Waals surface area contributed by atoms with Gasteiger partial charge < -0.3 is 9.31 Å². The molecule has 100 valence electrons. The largest absolute Gasteiger partial charge is 0.494 e. The molecule has 0 bridgehead atoms. The highest BCUT2D eigenvalue weighted by atomic mass is 79.9. The first-order valence-corrected chi connectivity index (χ1v) is 7.08. The summed E-state index contributed by atoms with van der Waals surface area (Å²) in [6.07, 6.45) is 1.80. The number of benzene rings is 1. The number of hydrogen-bond donors (Lipinski definition) is 1. The van der Waals surface area contributed by atoms with E-state index < -0.39 is 0 Å². The zero-order valence-electron chi connectivity index (χ0n) is 11.5. The van der Waals surface area contributed by atoms with Crippen LogP contribution in [0.3, 0.4) is 0 Å². The molecular formula is C13H16BBrN2O2. The third-order valence-electron chi connectivity index (χ3n) is 4.06. The number of rotatable bonds is 1. The number of nitrogens with one attached hydrogen (secondary N) is 1. The molecule has 1 saturated heterocycles. The van der Waals surface area contributed by atoms with Crippen molar-refractivity contribution in [2.75, 3.05) is 0 Å². The van der Waals surface area contributed by atoms with Crippen LogP contribution in [-0.2, 0) is 9.31 Å². The maximum Gasteiger partial charge on any atom is 0.494 e. The second-order valence-electron chi connectivity index (χ2n) is 5.92. The maximum atomic E-state index is 6.05. The van der Waals surface area contributed by atoms with Gasteiger partial charge in [-0.15, -0.1) is 0 Å². The van der Waals surface area contributed by atoms with E-state index in [-0.39, 0.29) is 18.3 Å². The molecule has 1 N–H and O–H groups in total. The molecule has 2 heterocycles. The number of nitrogens with zero attached hydrogens (tertiary/aromatic N) is 1. The molecule has 0 aliphatic carbocycles. The molecule has 1 fully saturated rings. The normalized spacial score (nSPS) is 21.2. The van der Waals surface area contributed by atoms with Gasteiger partial charge in [0.1, 0.15) is 0 Å². The van der Waals surface area contributed by atoms with Crippen molar-refractivity contribution in [2.45, 2.75) is 38.9 Å². The Bertz CT molecular complexity index is 623. The van der Waals surface area contributed by atoms with Crippen LogP contribution < -0.4 is 5.46 Å². The monoisotopic (exact) mass is 322 g/mol. The summed E-state index contributed by atoms with van der Waals surface area (Å²) in [6.45, 7) is 8.21. The Labute approximate surface area is 121 Å². The van der Waals surface area contributed by atoms with Crippen molar-refractivity contribution in [1.82, 2.24) is 10.2 Å². The minimum atomic E-state index is -0.353. The second kappa shape index (κ2) is 4.07. The molecule has 1 aliphatic rings. The van der Waals surface area contributed by atoms with Crippen molar-refractivity contribution in [3.05, 3.63) is 22.8 Å². The predicted molar refractivity (Wildman–Crippen MR) is 79.5 cm³/mol. The topological polar surface area (TPSA) is 47.1 Å². The summed E-state index contributed by atoms with van der Waals surface area (Å²) in [4.78, 5) is 0. The Morgan fingerprint density at radius 2 is 1.79 bits per heavy atom. The van der Waals surface area contributed by atoms with Gasteiger partial charge in [-0.2, -0.15) is 5.10 Å². The van der Waals surface area contributed by atoms with Gasteiger partial charge in [0, 0.05) is 9.86 Å². The van der Waals surface area contributed by atoms with Crippen molar-refractivity contribution in [2.24, 2.45) is 0 Å². The summed E-state index contributed by atoms with van der Waals surface area (Å²) >= 11 is 3.56. The number of aromatic amines is 1. The van der Waals surface area contributed by atoms with Crippen LogP contribution in [-0.4, -0.2) is 28.5 Å². The Morgan fingerprint density at radius 1 is 1.16 bits per heavy atom. The fraction of sp³-hybridized carbons (Fsp3) is 0.462. The van der Waals surface area contributed by atoms with Gasteiger partial charge in [-0.1, -0.05) is 15.9 Å². The molecule has 1 aliphatic heterocycles. The standard InChI is InChI=1S/C13H16BBrN2O2/c1-12(2)13(3,4)19-14(18-12)8-5-10(15)9-7-16-17-11(9)6-8/h5-7H,1-4H3,(H,16,17). The van der Waals surface area contributed by atoms with Crippen molar-refractivity contribution < 1.29 is 9.31 Å². The van der Waals surface area contributed by atoms with Crippen LogP contribution in [0.25, 0.3) is 10.9 Å². The highest BCUT2D eigenvalue weighted by Crippen LogP contribution is 2.36. The Morgan fingerprint density at radius 3 is 2.42 bits per heavy atom. The number of fused-ring (bicyclic) bond motifs is 1. The van der Waals surface area contributed by atoms with E-state index in [1.165, 1.54) is 0 Å². The van der Waals surface area contributed by atoms with Gasteiger partial charge in [-0.3, -0.25) is 5.10 Å². The Hall–Kier alpha value is -0.845. The van der Waals surface area contributed by atoms with Crippen LogP contribution in [0.15, 0.2) is 22.8 Å². The van der Waals surface area contributed by atoms with E-state index in [1.807, 2.05) is 12.1 Å². The molecular weight excluding hydrogens is 307 g/mol. The summed E-state index contributed by atoms with van der Waals surface area (Å²) in [6, 6.07) is 4.05. The van der Waals surface area contributed by atoms with Crippen LogP contribution in [0.1, 0.15) is 27.7 Å². The second-order valence-corrected chi connectivity index (χ2v) is 6.78. The summed E-state index contributed by atoms with van der Waals surface area (Å²) in [7, 11) is -0.353. The molecule has 0 unspecified atom stereocenters. The van der Waals surface area contributed by atoms with Gasteiger partial charge in [0.25, 0.3) is 0 Å². The molecule has 3 rings (SSSR count). The third kappa shape index (κ3) is 2.02. The summed E-state index contributed by atoms with van der Waals surface area (Å²) < 4.78 is 13.1. The average Bonchev–Trinajstić information content (AvgIpc) is 2.82. The lowest BCUT2D eigenvalue weighted by Crippen LogP contribution is -2.41. The number of H-pyrrole nitrogens is 1. The molecule has 19 heavy (non-hydrogen) atoms. The third-order valence-corrected chi connectivity index (χ3v) is 4.71. The molecule has 0 amide bonds. The van der Waals surface area contributed by atoms with Gasteiger partial charge in [-0.05, 0) is 45.3 Å². The fourth-order valence-electron chi connectivity index (χ4n) is 2.14. The van der Waals surface area contributed by atoms with Crippen molar-refractivity contribution in [1.29, 1.82) is 0 Å². The van der Waals surface area contributed by atoms with E-state index >= 15 is 0 Å². The highest BCUT2D eigenvalue weighted by molar-refractivity contribution is 9.10. The number of hydrogen-bond acceptors (Lipinski definition) is 3. The van der Waals surface area contributed by atoms with Crippen LogP contribution in [0.4, 0.5) is 0 Å². The van der Waals surface area contributed by atoms with Gasteiger partial charge in [0.2, 0.25) is 0 Å². The first kappa shape index (κ1) is 13.2. The number of halogens is 1. The zero-order chi connectivity index (χ0) is 13.8. The van der Waals surface area contributed by atoms with Crippen LogP contribution in [0.5, 0.6) is 0 Å². The van der Waals surface area contributed by atoms with E-state index in [1.54, 1.807) is 6.20 Å². The van der Waals surface area contributed by atoms with Crippen molar-refractivity contribution in [3.63, 3.8) is 0 Å². The van der Waals surface area contributed by atoms with Gasteiger partial charge >= 0.3 is 7.12 Å². The summed E-state index contributed by atoms with van der Waals surface area (Å²) in [5.74, 6) is 0.